The van der Waals surface area contributed by atoms with Crippen molar-refractivity contribution in [2.24, 2.45) is 0 Å². The lowest BCUT2D eigenvalue weighted by atomic mass is 9.80. The topological polar surface area (TPSA) is 55.9 Å². The summed E-state index contributed by atoms with van der Waals surface area (Å²) in [6.07, 6.45) is 4.26. The fraction of sp³-hybridized carbons (Fsp3) is 0.438. The Morgan fingerprint density at radius 3 is 2.33 bits per heavy atom. The van der Waals surface area contributed by atoms with E-state index in [1.807, 2.05) is 52.7 Å². The van der Waals surface area contributed by atoms with Crippen molar-refractivity contribution in [3.8, 4) is 0 Å². The molecule has 2 aromatic carbocycles. The molecule has 3 aliphatic rings. The van der Waals surface area contributed by atoms with Crippen LogP contribution in [0, 0.1) is 0 Å². The van der Waals surface area contributed by atoms with Gasteiger partial charge in [0, 0.05) is 54.9 Å². The van der Waals surface area contributed by atoms with Gasteiger partial charge in [-0.1, -0.05) is 56.2 Å². The quantitative estimate of drug-likeness (QED) is 0.413. The summed E-state index contributed by atoms with van der Waals surface area (Å²) in [6, 6.07) is 20.0. The number of carbonyl (C=O) groups excluding carboxylic acids is 2. The second kappa shape index (κ2) is 11.6. The molecule has 1 saturated carbocycles. The Balaban J connectivity index is 1.25. The van der Waals surface area contributed by atoms with Gasteiger partial charge in [-0.05, 0) is 60.2 Å². The average molecular weight is 543 g/mol. The Hall–Kier alpha value is -3.00. The first-order valence-electron chi connectivity index (χ1n) is 14.4. The molecule has 0 spiro atoms. The number of amides is 2. The van der Waals surface area contributed by atoms with Gasteiger partial charge in [0.2, 0.25) is 5.91 Å². The maximum Gasteiger partial charge on any atom is 0.254 e. The molecule has 1 aromatic heterocycles. The highest BCUT2D eigenvalue weighted by Crippen LogP contribution is 2.47. The molecule has 6 nitrogen and oxygen atoms in total. The first kappa shape index (κ1) is 26.2. The number of nitrogens with zero attached hydrogens (tertiary/aromatic N) is 3. The summed E-state index contributed by atoms with van der Waals surface area (Å²) in [5, 5.41) is 5.27. The second-order valence-corrected chi connectivity index (χ2v) is 12.1. The average Bonchev–Trinajstić information content (AvgIpc) is 3.70. The van der Waals surface area contributed by atoms with Crippen LogP contribution in [0.2, 0.25) is 0 Å². The number of carbonyl (C=O) groups is 2. The Bertz CT molecular complexity index is 1280. The number of thiophene rings is 1. The molecule has 2 amide bonds. The van der Waals surface area contributed by atoms with E-state index in [1.165, 1.54) is 5.56 Å². The molecular weight excluding hydrogens is 504 g/mol. The molecule has 1 saturated heterocycles. The standard InChI is InChI=1S/C32H38N4O2S/c1-2-34-17-19-35(20-18-34)22-23-13-15-24(16-14-23)33-31(37)29-26-10-5-6-11-27(26)32(38)36(25-8-3-4-9-25)30(29)28-12-7-21-39-28/h5-7,10-16,21,25,29-30H,2-4,8-9,17-20,22H2,1H3,(H,33,37)/t29-,30-/m0/s1. The summed E-state index contributed by atoms with van der Waals surface area (Å²) >= 11 is 1.63. The second-order valence-electron chi connectivity index (χ2n) is 11.1. The van der Waals surface area contributed by atoms with Crippen molar-refractivity contribution in [1.82, 2.24) is 14.7 Å². The molecule has 39 heavy (non-hydrogen) atoms. The third kappa shape index (κ3) is 5.40. The first-order chi connectivity index (χ1) is 19.1. The normalized spacial score (nSPS) is 22.7. The van der Waals surface area contributed by atoms with Crippen LogP contribution in [0.1, 0.15) is 70.9 Å². The summed E-state index contributed by atoms with van der Waals surface area (Å²) in [7, 11) is 0. The lowest BCUT2D eigenvalue weighted by molar-refractivity contribution is -0.119. The largest absolute Gasteiger partial charge is 0.327 e. The van der Waals surface area contributed by atoms with Crippen molar-refractivity contribution in [1.29, 1.82) is 0 Å². The van der Waals surface area contributed by atoms with Gasteiger partial charge in [-0.3, -0.25) is 14.5 Å². The molecule has 2 aliphatic heterocycles. The van der Waals surface area contributed by atoms with Gasteiger partial charge >= 0.3 is 0 Å². The van der Waals surface area contributed by atoms with Crippen LogP contribution in [0.15, 0.2) is 66.0 Å². The number of benzene rings is 2. The van der Waals surface area contributed by atoms with Crippen LogP contribution in [-0.2, 0) is 11.3 Å². The smallest absolute Gasteiger partial charge is 0.254 e. The molecule has 6 rings (SSSR count). The maximum atomic E-state index is 14.1. The van der Waals surface area contributed by atoms with E-state index in [2.05, 4.69) is 40.2 Å². The van der Waals surface area contributed by atoms with Crippen molar-refractivity contribution in [3.63, 3.8) is 0 Å². The summed E-state index contributed by atoms with van der Waals surface area (Å²) in [5.41, 5.74) is 3.55. The summed E-state index contributed by atoms with van der Waals surface area (Å²) < 4.78 is 0. The highest BCUT2D eigenvalue weighted by molar-refractivity contribution is 7.10. The van der Waals surface area contributed by atoms with Gasteiger partial charge in [0.05, 0.1) is 12.0 Å². The Labute approximate surface area is 235 Å². The minimum atomic E-state index is -0.465. The number of fused-ring (bicyclic) bond motifs is 1. The highest BCUT2D eigenvalue weighted by Gasteiger charge is 2.47. The van der Waals surface area contributed by atoms with Crippen molar-refractivity contribution in [2.75, 3.05) is 38.0 Å². The number of rotatable bonds is 7. The van der Waals surface area contributed by atoms with Crippen LogP contribution in [-0.4, -0.2) is 65.3 Å². The van der Waals surface area contributed by atoms with Crippen LogP contribution in [0.4, 0.5) is 5.69 Å². The Kier molecular flexibility index (Phi) is 7.82. The molecule has 1 N–H and O–H groups in total. The molecule has 3 heterocycles. The van der Waals surface area contributed by atoms with E-state index in [-0.39, 0.29) is 23.9 Å². The molecule has 2 fully saturated rings. The molecule has 204 valence electrons. The molecule has 7 heteroatoms. The Morgan fingerprint density at radius 1 is 0.923 bits per heavy atom. The molecular formula is C32H38N4O2S. The third-order valence-corrected chi connectivity index (χ3v) is 9.69. The van der Waals surface area contributed by atoms with Crippen LogP contribution in [0.25, 0.3) is 0 Å². The van der Waals surface area contributed by atoms with Crippen molar-refractivity contribution in [2.45, 2.75) is 57.2 Å². The maximum absolute atomic E-state index is 14.1. The lowest BCUT2D eigenvalue weighted by Gasteiger charge is -2.44. The van der Waals surface area contributed by atoms with Crippen LogP contribution < -0.4 is 5.32 Å². The van der Waals surface area contributed by atoms with E-state index < -0.39 is 5.92 Å². The van der Waals surface area contributed by atoms with Crippen molar-refractivity contribution in [3.05, 3.63) is 87.6 Å². The van der Waals surface area contributed by atoms with E-state index in [0.717, 1.165) is 81.1 Å². The number of piperazine rings is 1. The Morgan fingerprint density at radius 2 is 1.64 bits per heavy atom. The number of hydrogen-bond acceptors (Lipinski definition) is 5. The van der Waals surface area contributed by atoms with Crippen LogP contribution >= 0.6 is 11.3 Å². The van der Waals surface area contributed by atoms with Crippen molar-refractivity contribution < 1.29 is 9.59 Å². The fourth-order valence-corrected chi connectivity index (χ4v) is 7.48. The summed E-state index contributed by atoms with van der Waals surface area (Å²) in [4.78, 5) is 36.1. The SMILES string of the molecule is CCN1CCN(Cc2ccc(NC(=O)[C@H]3c4ccccc4C(=O)N(C4CCCC4)[C@H]3c3cccs3)cc2)CC1. The van der Waals surface area contributed by atoms with E-state index in [1.54, 1.807) is 11.3 Å². The zero-order valence-electron chi connectivity index (χ0n) is 22.7. The molecule has 0 bridgehead atoms. The summed E-state index contributed by atoms with van der Waals surface area (Å²) in [6.45, 7) is 8.70. The van der Waals surface area contributed by atoms with E-state index in [0.29, 0.717) is 5.56 Å². The first-order valence-corrected chi connectivity index (χ1v) is 15.3. The van der Waals surface area contributed by atoms with Gasteiger partial charge < -0.3 is 15.1 Å². The van der Waals surface area contributed by atoms with E-state index in [9.17, 15) is 9.59 Å². The molecule has 0 unspecified atom stereocenters. The minimum absolute atomic E-state index is 0.0558. The number of hydrogen-bond donors (Lipinski definition) is 1. The van der Waals surface area contributed by atoms with E-state index in [4.69, 9.17) is 0 Å². The van der Waals surface area contributed by atoms with Gasteiger partial charge in [-0.15, -0.1) is 11.3 Å². The number of anilines is 1. The lowest BCUT2D eigenvalue weighted by Crippen LogP contribution is -2.49. The van der Waals surface area contributed by atoms with Gasteiger partial charge in [-0.25, -0.2) is 0 Å². The molecule has 0 radical (unpaired) electrons. The zero-order valence-corrected chi connectivity index (χ0v) is 23.5. The van der Waals surface area contributed by atoms with Gasteiger partial charge in [-0.2, -0.15) is 0 Å². The van der Waals surface area contributed by atoms with E-state index >= 15 is 0 Å². The van der Waals surface area contributed by atoms with Gasteiger partial charge in [0.15, 0.2) is 0 Å². The van der Waals surface area contributed by atoms with Gasteiger partial charge in [0.25, 0.3) is 5.91 Å². The van der Waals surface area contributed by atoms with Crippen LogP contribution in [0.5, 0.6) is 0 Å². The third-order valence-electron chi connectivity index (χ3n) is 8.75. The molecule has 3 aromatic rings. The number of likely N-dealkylation sites (N-methyl/N-ethyl adjacent to an activating group) is 1. The minimum Gasteiger partial charge on any atom is -0.327 e. The van der Waals surface area contributed by atoms with Crippen molar-refractivity contribution >= 4 is 28.8 Å². The highest BCUT2D eigenvalue weighted by atomic mass is 32.1. The predicted molar refractivity (Wildman–Crippen MR) is 157 cm³/mol. The van der Waals surface area contributed by atoms with Gasteiger partial charge in [0.1, 0.15) is 0 Å². The monoisotopic (exact) mass is 542 g/mol. The zero-order chi connectivity index (χ0) is 26.8. The number of nitrogens with one attached hydrogen (secondary N) is 1. The predicted octanol–water partition coefficient (Wildman–Crippen LogP) is 5.75. The summed E-state index contributed by atoms with van der Waals surface area (Å²) in [5.74, 6) is -0.462. The molecule has 1 aliphatic carbocycles. The fourth-order valence-electron chi connectivity index (χ4n) is 6.62. The van der Waals surface area contributed by atoms with Crippen LogP contribution in [0.3, 0.4) is 0 Å². The molecule has 2 atom stereocenters.